The van der Waals surface area contributed by atoms with E-state index in [0.717, 1.165) is 45.6 Å². The lowest BCUT2D eigenvalue weighted by Crippen LogP contribution is -2.53. The van der Waals surface area contributed by atoms with E-state index in [1.807, 2.05) is 13.8 Å². The van der Waals surface area contributed by atoms with Crippen molar-refractivity contribution in [1.29, 1.82) is 0 Å². The molecule has 0 aliphatic carbocycles. The van der Waals surface area contributed by atoms with Gasteiger partial charge in [0.15, 0.2) is 5.78 Å². The van der Waals surface area contributed by atoms with Gasteiger partial charge >= 0.3 is 0 Å². The summed E-state index contributed by atoms with van der Waals surface area (Å²) in [6, 6.07) is 0.237. The molecule has 0 saturated carbocycles. The van der Waals surface area contributed by atoms with Crippen LogP contribution in [0.1, 0.15) is 40.5 Å². The fraction of sp³-hybridized carbons (Fsp3) is 0.889. The lowest BCUT2D eigenvalue weighted by Gasteiger charge is -2.41. The molecule has 0 unspecified atom stereocenters. The number of carbonyl (C=O) groups excluding carboxylic acids is 2. The monoisotopic (exact) mass is 339 g/mol. The van der Waals surface area contributed by atoms with Crippen molar-refractivity contribution in [3.63, 3.8) is 0 Å². The Labute approximate surface area is 145 Å². The second kappa shape index (κ2) is 8.92. The smallest absolute Gasteiger partial charge is 0.234 e. The summed E-state index contributed by atoms with van der Waals surface area (Å²) in [6.07, 6.45) is 2.52. The number of ketones is 1. The van der Waals surface area contributed by atoms with Gasteiger partial charge in [0, 0.05) is 32.2 Å². The van der Waals surface area contributed by atoms with E-state index in [4.69, 9.17) is 4.74 Å². The maximum absolute atomic E-state index is 12.2. The fourth-order valence-corrected chi connectivity index (χ4v) is 3.78. The van der Waals surface area contributed by atoms with Crippen LogP contribution in [0.3, 0.4) is 0 Å². The molecule has 0 aromatic rings. The minimum atomic E-state index is -0.370. The number of carbonyl (C=O) groups is 2. The first-order valence-corrected chi connectivity index (χ1v) is 9.24. The predicted molar refractivity (Wildman–Crippen MR) is 93.9 cm³/mol. The number of nitrogens with zero attached hydrogens (tertiary/aromatic N) is 2. The van der Waals surface area contributed by atoms with Crippen molar-refractivity contribution in [2.75, 3.05) is 39.3 Å². The number of hydrogen-bond donors (Lipinski definition) is 1. The highest BCUT2D eigenvalue weighted by molar-refractivity contribution is 5.88. The maximum Gasteiger partial charge on any atom is 0.234 e. The van der Waals surface area contributed by atoms with Crippen molar-refractivity contribution in [2.45, 2.75) is 58.7 Å². The van der Waals surface area contributed by atoms with Gasteiger partial charge in [0.1, 0.15) is 0 Å². The molecule has 2 aliphatic rings. The summed E-state index contributed by atoms with van der Waals surface area (Å²) in [5, 5.41) is 2.89. The van der Waals surface area contributed by atoms with Crippen LogP contribution in [-0.2, 0) is 14.3 Å². The Bertz CT molecular complexity index is 433. The van der Waals surface area contributed by atoms with Crippen molar-refractivity contribution in [2.24, 2.45) is 5.92 Å². The molecule has 0 radical (unpaired) electrons. The van der Waals surface area contributed by atoms with Crippen LogP contribution in [0, 0.1) is 5.92 Å². The molecule has 2 aliphatic heterocycles. The fourth-order valence-electron chi connectivity index (χ4n) is 3.78. The summed E-state index contributed by atoms with van der Waals surface area (Å²) in [6.45, 7) is 12.7. The Morgan fingerprint density at radius 2 is 1.88 bits per heavy atom. The number of likely N-dealkylation sites (tertiary alicyclic amines) is 1. The molecule has 24 heavy (non-hydrogen) atoms. The Balaban J connectivity index is 1.74. The van der Waals surface area contributed by atoms with Gasteiger partial charge in [-0.25, -0.2) is 0 Å². The van der Waals surface area contributed by atoms with Crippen molar-refractivity contribution >= 4 is 11.7 Å². The molecular formula is C18H33N3O3. The molecule has 6 nitrogen and oxygen atoms in total. The predicted octanol–water partition coefficient (Wildman–Crippen LogP) is 0.901. The number of Topliss-reactive ketones (excluding diaryl/α,β-unsaturated/α-hetero) is 1. The first-order valence-electron chi connectivity index (χ1n) is 9.24. The van der Waals surface area contributed by atoms with Gasteiger partial charge in [0.25, 0.3) is 0 Å². The maximum atomic E-state index is 12.2. The molecule has 2 saturated heterocycles. The summed E-state index contributed by atoms with van der Waals surface area (Å²) in [5.74, 6) is 0.112. The molecule has 2 fully saturated rings. The molecule has 0 spiro atoms. The number of hydrogen-bond acceptors (Lipinski definition) is 5. The third-order valence-corrected chi connectivity index (χ3v) is 5.13. The van der Waals surface area contributed by atoms with Gasteiger partial charge in [0.2, 0.25) is 5.91 Å². The van der Waals surface area contributed by atoms with E-state index >= 15 is 0 Å². The number of nitrogens with one attached hydrogen (secondary N) is 1. The minimum Gasteiger partial charge on any atom is -0.376 e. The van der Waals surface area contributed by atoms with Crippen LogP contribution >= 0.6 is 0 Å². The third kappa shape index (κ3) is 5.53. The third-order valence-electron chi connectivity index (χ3n) is 5.13. The van der Waals surface area contributed by atoms with Crippen LogP contribution in [-0.4, -0.2) is 79.0 Å². The standard InChI is InChI=1S/C18H33N3O3/c1-13(2)18(15(4)22)19-17(23)12-20-7-5-16(6-8-20)21-9-10-24-14(3)11-21/h13-14,16,18H,5-12H2,1-4H3,(H,19,23)/t14-,18-/m1/s1. The highest BCUT2D eigenvalue weighted by Crippen LogP contribution is 2.19. The number of piperidine rings is 1. The van der Waals surface area contributed by atoms with Crippen LogP contribution in [0.2, 0.25) is 0 Å². The highest BCUT2D eigenvalue weighted by atomic mass is 16.5. The van der Waals surface area contributed by atoms with Gasteiger partial charge in [-0.2, -0.15) is 0 Å². The molecule has 2 rings (SSSR count). The summed E-state index contributed by atoms with van der Waals surface area (Å²) in [4.78, 5) is 28.6. The first-order chi connectivity index (χ1) is 11.4. The summed E-state index contributed by atoms with van der Waals surface area (Å²) in [5.41, 5.74) is 0. The molecule has 1 amide bonds. The molecule has 2 heterocycles. The lowest BCUT2D eigenvalue weighted by atomic mass is 10.0. The van der Waals surface area contributed by atoms with Crippen LogP contribution < -0.4 is 5.32 Å². The molecule has 0 bridgehead atoms. The zero-order chi connectivity index (χ0) is 17.7. The molecule has 1 N–H and O–H groups in total. The van der Waals surface area contributed by atoms with Crippen LogP contribution in [0.25, 0.3) is 0 Å². The quantitative estimate of drug-likeness (QED) is 0.779. The average Bonchev–Trinajstić information content (AvgIpc) is 2.52. The lowest BCUT2D eigenvalue weighted by molar-refractivity contribution is -0.128. The molecular weight excluding hydrogens is 306 g/mol. The van der Waals surface area contributed by atoms with Crippen molar-refractivity contribution in [1.82, 2.24) is 15.1 Å². The second-order valence-electron chi connectivity index (χ2n) is 7.58. The van der Waals surface area contributed by atoms with Gasteiger partial charge in [-0.3, -0.25) is 19.4 Å². The van der Waals surface area contributed by atoms with Gasteiger partial charge < -0.3 is 10.1 Å². The minimum absolute atomic E-state index is 0.0264. The van der Waals surface area contributed by atoms with Gasteiger partial charge in [-0.1, -0.05) is 13.8 Å². The molecule has 2 atom stereocenters. The first kappa shape index (κ1) is 19.3. The zero-order valence-electron chi connectivity index (χ0n) is 15.6. The molecule has 6 heteroatoms. The molecule has 138 valence electrons. The van der Waals surface area contributed by atoms with Crippen LogP contribution in [0.4, 0.5) is 0 Å². The van der Waals surface area contributed by atoms with E-state index in [2.05, 4.69) is 22.0 Å². The summed E-state index contributed by atoms with van der Waals surface area (Å²) in [7, 11) is 0. The van der Waals surface area contributed by atoms with Crippen molar-refractivity contribution < 1.29 is 14.3 Å². The normalized spacial score (nSPS) is 25.6. The highest BCUT2D eigenvalue weighted by Gasteiger charge is 2.29. The number of morpholine rings is 1. The average molecular weight is 339 g/mol. The van der Waals surface area contributed by atoms with Crippen LogP contribution in [0.15, 0.2) is 0 Å². The second-order valence-corrected chi connectivity index (χ2v) is 7.58. The van der Waals surface area contributed by atoms with Gasteiger partial charge in [-0.15, -0.1) is 0 Å². The van der Waals surface area contributed by atoms with E-state index in [-0.39, 0.29) is 23.7 Å². The van der Waals surface area contributed by atoms with Gasteiger partial charge in [-0.05, 0) is 32.6 Å². The van der Waals surface area contributed by atoms with Crippen molar-refractivity contribution in [3.8, 4) is 0 Å². The number of ether oxygens (including phenoxy) is 1. The van der Waals surface area contributed by atoms with Crippen LogP contribution in [0.5, 0.6) is 0 Å². The molecule has 0 aromatic carbocycles. The topological polar surface area (TPSA) is 61.9 Å². The Hall–Kier alpha value is -0.980. The zero-order valence-corrected chi connectivity index (χ0v) is 15.6. The van der Waals surface area contributed by atoms with E-state index in [1.54, 1.807) is 6.92 Å². The number of amides is 1. The number of rotatable bonds is 6. The Morgan fingerprint density at radius 3 is 2.42 bits per heavy atom. The molecule has 0 aromatic heterocycles. The van der Waals surface area contributed by atoms with E-state index in [1.165, 1.54) is 0 Å². The van der Waals surface area contributed by atoms with E-state index < -0.39 is 0 Å². The van der Waals surface area contributed by atoms with E-state index in [0.29, 0.717) is 18.7 Å². The van der Waals surface area contributed by atoms with E-state index in [9.17, 15) is 9.59 Å². The Morgan fingerprint density at radius 1 is 1.21 bits per heavy atom. The Kier molecular flexibility index (Phi) is 7.19. The SMILES string of the molecule is CC(=O)[C@H](NC(=O)CN1CCC(N2CCO[C@H](C)C2)CC1)C(C)C. The van der Waals surface area contributed by atoms with Crippen molar-refractivity contribution in [3.05, 3.63) is 0 Å². The van der Waals surface area contributed by atoms with Gasteiger partial charge in [0.05, 0.1) is 25.3 Å². The summed E-state index contributed by atoms with van der Waals surface area (Å²) < 4.78 is 5.62. The largest absolute Gasteiger partial charge is 0.376 e. The summed E-state index contributed by atoms with van der Waals surface area (Å²) >= 11 is 0.